The molecule has 2 amide bonds. The fourth-order valence-corrected chi connectivity index (χ4v) is 3.57. The van der Waals surface area contributed by atoms with Crippen molar-refractivity contribution in [1.82, 2.24) is 25.2 Å². The Morgan fingerprint density at radius 3 is 2.62 bits per heavy atom. The topological polar surface area (TPSA) is 92.6 Å². The molecule has 29 heavy (non-hydrogen) atoms. The van der Waals surface area contributed by atoms with Crippen molar-refractivity contribution in [2.24, 2.45) is 0 Å². The largest absolute Gasteiger partial charge is 0.379 e. The van der Waals surface area contributed by atoms with Crippen molar-refractivity contribution in [1.29, 1.82) is 0 Å². The summed E-state index contributed by atoms with van der Waals surface area (Å²) in [6.07, 6.45) is 3.20. The van der Waals surface area contributed by atoms with E-state index < -0.39 is 0 Å². The molecule has 2 fully saturated rings. The molecule has 1 aromatic heterocycles. The minimum absolute atomic E-state index is 0.169. The van der Waals surface area contributed by atoms with E-state index in [-0.39, 0.29) is 11.8 Å². The number of aromatic nitrogens is 3. The van der Waals surface area contributed by atoms with Crippen molar-refractivity contribution >= 4 is 17.5 Å². The van der Waals surface area contributed by atoms with Crippen LogP contribution in [0.15, 0.2) is 30.5 Å². The van der Waals surface area contributed by atoms with Gasteiger partial charge in [0.25, 0.3) is 5.91 Å². The number of rotatable bonds is 7. The summed E-state index contributed by atoms with van der Waals surface area (Å²) in [5.41, 5.74) is 2.19. The molecule has 9 heteroatoms. The zero-order valence-electron chi connectivity index (χ0n) is 16.4. The molecule has 0 saturated carbocycles. The number of amides is 2. The van der Waals surface area contributed by atoms with Crippen molar-refractivity contribution in [3.05, 3.63) is 41.7 Å². The molecule has 0 radical (unpaired) electrons. The molecule has 1 aromatic carbocycles. The molecule has 2 aliphatic heterocycles. The minimum Gasteiger partial charge on any atom is -0.379 e. The van der Waals surface area contributed by atoms with Crippen LogP contribution in [0.3, 0.4) is 0 Å². The van der Waals surface area contributed by atoms with Gasteiger partial charge >= 0.3 is 0 Å². The number of benzene rings is 1. The van der Waals surface area contributed by atoms with Crippen LogP contribution in [0.1, 0.15) is 28.9 Å². The lowest BCUT2D eigenvalue weighted by molar-refractivity contribution is -0.117. The smallest absolute Gasteiger partial charge is 0.273 e. The van der Waals surface area contributed by atoms with Crippen LogP contribution in [0.25, 0.3) is 0 Å². The average molecular weight is 398 g/mol. The number of nitrogens with zero attached hydrogens (tertiary/aromatic N) is 5. The van der Waals surface area contributed by atoms with Gasteiger partial charge in [-0.25, -0.2) is 0 Å². The molecule has 0 spiro atoms. The number of hydrogen-bond donors (Lipinski definition) is 1. The van der Waals surface area contributed by atoms with Crippen LogP contribution in [-0.2, 0) is 22.6 Å². The van der Waals surface area contributed by atoms with Gasteiger partial charge in [-0.2, -0.15) is 0 Å². The Morgan fingerprint density at radius 2 is 1.90 bits per heavy atom. The molecule has 4 rings (SSSR count). The standard InChI is InChI=1S/C20H26N6O3/c27-19-2-1-7-26(19)17-5-3-16(4-6-17)14-21-20(28)18-15-25(23-22-18)9-8-24-10-12-29-13-11-24/h3-6,15H,1-2,7-14H2,(H,21,28). The number of nitrogens with one attached hydrogen (secondary N) is 1. The fraction of sp³-hybridized carbons (Fsp3) is 0.500. The predicted molar refractivity (Wildman–Crippen MR) is 106 cm³/mol. The van der Waals surface area contributed by atoms with E-state index in [1.807, 2.05) is 24.3 Å². The van der Waals surface area contributed by atoms with Crippen LogP contribution >= 0.6 is 0 Å². The Labute approximate surface area is 169 Å². The normalized spacial score (nSPS) is 17.7. The van der Waals surface area contributed by atoms with E-state index in [1.54, 1.807) is 15.8 Å². The molecule has 0 bridgehead atoms. The summed E-state index contributed by atoms with van der Waals surface area (Å²) in [5.74, 6) is -0.0795. The van der Waals surface area contributed by atoms with Gasteiger partial charge in [0.05, 0.1) is 26.0 Å². The molecule has 154 valence electrons. The third-order valence-corrected chi connectivity index (χ3v) is 5.29. The molecule has 0 unspecified atom stereocenters. The van der Waals surface area contributed by atoms with Gasteiger partial charge in [-0.1, -0.05) is 17.3 Å². The van der Waals surface area contributed by atoms with Crippen LogP contribution in [0.5, 0.6) is 0 Å². The molecular weight excluding hydrogens is 372 g/mol. The van der Waals surface area contributed by atoms with E-state index in [0.717, 1.165) is 57.1 Å². The lowest BCUT2D eigenvalue weighted by Gasteiger charge is -2.26. The fourth-order valence-electron chi connectivity index (χ4n) is 3.57. The Kier molecular flexibility index (Phi) is 6.16. The summed E-state index contributed by atoms with van der Waals surface area (Å²) in [6, 6.07) is 7.71. The van der Waals surface area contributed by atoms with Crippen molar-refractivity contribution in [3.8, 4) is 0 Å². The summed E-state index contributed by atoms with van der Waals surface area (Å²) in [5, 5.41) is 10.9. The van der Waals surface area contributed by atoms with E-state index >= 15 is 0 Å². The number of ether oxygens (including phenoxy) is 1. The third kappa shape index (κ3) is 4.99. The summed E-state index contributed by atoms with van der Waals surface area (Å²) in [4.78, 5) is 28.3. The average Bonchev–Trinajstić information content (AvgIpc) is 3.41. The highest BCUT2D eigenvalue weighted by atomic mass is 16.5. The molecule has 2 aromatic rings. The maximum atomic E-state index is 12.3. The Morgan fingerprint density at radius 1 is 1.10 bits per heavy atom. The van der Waals surface area contributed by atoms with Crippen LogP contribution < -0.4 is 10.2 Å². The second-order valence-electron chi connectivity index (χ2n) is 7.32. The van der Waals surface area contributed by atoms with E-state index in [2.05, 4.69) is 20.5 Å². The van der Waals surface area contributed by atoms with Crippen molar-refractivity contribution in [2.75, 3.05) is 44.3 Å². The van der Waals surface area contributed by atoms with E-state index in [1.165, 1.54) is 0 Å². The Balaban J connectivity index is 1.25. The lowest BCUT2D eigenvalue weighted by atomic mass is 10.2. The molecule has 0 atom stereocenters. The van der Waals surface area contributed by atoms with Gasteiger partial charge in [0.2, 0.25) is 5.91 Å². The van der Waals surface area contributed by atoms with Crippen molar-refractivity contribution < 1.29 is 14.3 Å². The van der Waals surface area contributed by atoms with Crippen LogP contribution in [-0.4, -0.2) is 71.1 Å². The van der Waals surface area contributed by atoms with E-state index in [4.69, 9.17) is 4.74 Å². The van der Waals surface area contributed by atoms with Gasteiger partial charge in [-0.15, -0.1) is 5.10 Å². The number of carbonyl (C=O) groups is 2. The molecule has 2 saturated heterocycles. The molecule has 3 heterocycles. The Bertz CT molecular complexity index is 844. The second kappa shape index (κ2) is 9.15. The van der Waals surface area contributed by atoms with Crippen molar-refractivity contribution in [3.63, 3.8) is 0 Å². The van der Waals surface area contributed by atoms with Crippen LogP contribution in [0.4, 0.5) is 5.69 Å². The van der Waals surface area contributed by atoms with Gasteiger partial charge < -0.3 is 15.0 Å². The third-order valence-electron chi connectivity index (χ3n) is 5.29. The number of morpholine rings is 1. The predicted octanol–water partition coefficient (Wildman–Crippen LogP) is 0.667. The molecular formula is C20H26N6O3. The van der Waals surface area contributed by atoms with Crippen LogP contribution in [0.2, 0.25) is 0 Å². The molecule has 2 aliphatic rings. The summed E-state index contributed by atoms with van der Waals surface area (Å²) in [7, 11) is 0. The lowest BCUT2D eigenvalue weighted by Crippen LogP contribution is -2.38. The first-order chi connectivity index (χ1) is 14.2. The summed E-state index contributed by atoms with van der Waals surface area (Å²) < 4.78 is 7.04. The zero-order chi connectivity index (χ0) is 20.1. The quantitative estimate of drug-likeness (QED) is 0.737. The van der Waals surface area contributed by atoms with Gasteiger partial charge in [-0.3, -0.25) is 19.2 Å². The first kappa shape index (κ1) is 19.5. The first-order valence-corrected chi connectivity index (χ1v) is 10.1. The van der Waals surface area contributed by atoms with Gasteiger partial charge in [0.15, 0.2) is 5.69 Å². The zero-order valence-corrected chi connectivity index (χ0v) is 16.4. The van der Waals surface area contributed by atoms with Crippen LogP contribution in [0, 0.1) is 0 Å². The highest BCUT2D eigenvalue weighted by molar-refractivity contribution is 5.95. The number of hydrogen-bond acceptors (Lipinski definition) is 6. The van der Waals surface area contributed by atoms with E-state index in [0.29, 0.717) is 25.2 Å². The minimum atomic E-state index is -0.249. The highest BCUT2D eigenvalue weighted by Crippen LogP contribution is 2.21. The van der Waals surface area contributed by atoms with Gasteiger partial charge in [-0.05, 0) is 24.1 Å². The van der Waals surface area contributed by atoms with Gasteiger partial charge in [0, 0.05) is 44.8 Å². The number of carbonyl (C=O) groups excluding carboxylic acids is 2. The molecule has 1 N–H and O–H groups in total. The first-order valence-electron chi connectivity index (χ1n) is 10.1. The molecule has 0 aliphatic carbocycles. The number of anilines is 1. The second-order valence-corrected chi connectivity index (χ2v) is 7.32. The maximum absolute atomic E-state index is 12.3. The van der Waals surface area contributed by atoms with Gasteiger partial charge in [0.1, 0.15) is 0 Å². The Hall–Kier alpha value is -2.78. The SMILES string of the molecule is O=C(NCc1ccc(N2CCCC2=O)cc1)c1cn(CCN2CCOCC2)nn1. The monoisotopic (exact) mass is 398 g/mol. The summed E-state index contributed by atoms with van der Waals surface area (Å²) >= 11 is 0. The maximum Gasteiger partial charge on any atom is 0.273 e. The molecule has 9 nitrogen and oxygen atoms in total. The highest BCUT2D eigenvalue weighted by Gasteiger charge is 2.21. The summed E-state index contributed by atoms with van der Waals surface area (Å²) in [6.45, 7) is 6.10. The van der Waals surface area contributed by atoms with E-state index in [9.17, 15) is 9.59 Å². The van der Waals surface area contributed by atoms with Crippen molar-refractivity contribution in [2.45, 2.75) is 25.9 Å².